The Morgan fingerprint density at radius 3 is 2.26 bits per heavy atom. The molecule has 0 aliphatic heterocycles. The molecule has 0 spiro atoms. The Kier molecular flexibility index (Phi) is 4.00. The van der Waals surface area contributed by atoms with E-state index in [1.807, 2.05) is 47.0 Å². The first-order valence-corrected chi connectivity index (χ1v) is 5.73. The zero-order valence-corrected chi connectivity index (χ0v) is 10.2. The Bertz CT molecular complexity index is 645. The van der Waals surface area contributed by atoms with Crippen LogP contribution in [-0.4, -0.2) is 4.98 Å². The molecule has 0 bridgehead atoms. The molecule has 4 nitrogen and oxygen atoms in total. The van der Waals surface area contributed by atoms with Crippen LogP contribution in [0.4, 0.5) is 0 Å². The third-order valence-electron chi connectivity index (χ3n) is 2.68. The number of aromatic nitrogens is 2. The molecular formula is C15H11N4+. The van der Waals surface area contributed by atoms with Crippen LogP contribution < -0.4 is 4.57 Å². The molecule has 0 N–H and O–H groups in total. The Balaban J connectivity index is 2.47. The third kappa shape index (κ3) is 3.02. The van der Waals surface area contributed by atoms with Crippen molar-refractivity contribution in [3.05, 3.63) is 66.3 Å². The highest BCUT2D eigenvalue weighted by Gasteiger charge is 2.13. The summed E-state index contributed by atoms with van der Waals surface area (Å²) in [6.45, 7) is 0.461. The number of nitrogens with zero attached hydrogens (tertiary/aromatic N) is 4. The number of rotatable bonds is 3. The maximum atomic E-state index is 9.08. The van der Waals surface area contributed by atoms with E-state index in [2.05, 4.69) is 4.98 Å². The molecule has 0 saturated heterocycles. The zero-order valence-electron chi connectivity index (χ0n) is 10.2. The van der Waals surface area contributed by atoms with Gasteiger partial charge in [0, 0.05) is 0 Å². The Morgan fingerprint density at radius 2 is 1.68 bits per heavy atom. The minimum Gasteiger partial charge on any atom is -0.252 e. The smallest absolute Gasteiger partial charge is 0.187 e. The molecule has 19 heavy (non-hydrogen) atoms. The minimum absolute atomic E-state index is 0.135. The Hall–Kier alpha value is -2.98. The van der Waals surface area contributed by atoms with Crippen molar-refractivity contribution in [1.29, 1.82) is 10.5 Å². The van der Waals surface area contributed by atoms with Crippen LogP contribution in [0.5, 0.6) is 0 Å². The van der Waals surface area contributed by atoms with E-state index in [9.17, 15) is 0 Å². The molecule has 1 heterocycles. The minimum atomic E-state index is 0.135. The molecule has 0 atom stereocenters. The molecule has 2 rings (SSSR count). The van der Waals surface area contributed by atoms with Crippen LogP contribution >= 0.6 is 0 Å². The van der Waals surface area contributed by atoms with Crippen molar-refractivity contribution in [3.63, 3.8) is 0 Å². The molecule has 0 saturated carbocycles. The first-order valence-electron chi connectivity index (χ1n) is 5.73. The number of hydrogen-bond donors (Lipinski definition) is 0. The molecule has 0 unspecified atom stereocenters. The molecule has 0 aliphatic carbocycles. The number of nitriles is 2. The summed E-state index contributed by atoms with van der Waals surface area (Å²) in [6, 6.07) is 13.4. The molecule has 0 amide bonds. The van der Waals surface area contributed by atoms with Crippen molar-refractivity contribution in [3.8, 4) is 12.1 Å². The quantitative estimate of drug-likeness (QED) is 0.614. The highest BCUT2D eigenvalue weighted by Crippen LogP contribution is 2.18. The second kappa shape index (κ2) is 6.09. The van der Waals surface area contributed by atoms with Gasteiger partial charge >= 0.3 is 0 Å². The lowest BCUT2D eigenvalue weighted by Gasteiger charge is -2.04. The predicted octanol–water partition coefficient (Wildman–Crippen LogP) is 1.87. The topological polar surface area (TPSA) is 64.3 Å². The fourth-order valence-corrected chi connectivity index (χ4v) is 1.75. The summed E-state index contributed by atoms with van der Waals surface area (Å²) in [5.41, 5.74) is 1.72. The van der Waals surface area contributed by atoms with Gasteiger partial charge in [-0.2, -0.15) is 15.1 Å². The molecule has 90 valence electrons. The van der Waals surface area contributed by atoms with Crippen molar-refractivity contribution >= 4 is 5.57 Å². The molecule has 0 fully saturated rings. The molecule has 2 aromatic rings. The number of hydrogen-bond acceptors (Lipinski definition) is 3. The summed E-state index contributed by atoms with van der Waals surface area (Å²) in [7, 11) is 0. The largest absolute Gasteiger partial charge is 0.252 e. The van der Waals surface area contributed by atoms with Crippen LogP contribution in [0.25, 0.3) is 5.57 Å². The van der Waals surface area contributed by atoms with Crippen LogP contribution in [0.15, 0.2) is 60.7 Å². The first kappa shape index (κ1) is 12.5. The third-order valence-corrected chi connectivity index (χ3v) is 2.68. The van der Waals surface area contributed by atoms with Crippen LogP contribution in [0.1, 0.15) is 5.56 Å². The van der Waals surface area contributed by atoms with E-state index in [-0.39, 0.29) is 5.57 Å². The molecular weight excluding hydrogens is 236 g/mol. The van der Waals surface area contributed by atoms with E-state index in [1.165, 1.54) is 0 Å². The van der Waals surface area contributed by atoms with E-state index >= 15 is 0 Å². The van der Waals surface area contributed by atoms with Gasteiger partial charge in [-0.25, -0.2) is 0 Å². The van der Waals surface area contributed by atoms with Gasteiger partial charge in [0.25, 0.3) is 0 Å². The van der Waals surface area contributed by atoms with Gasteiger partial charge < -0.3 is 0 Å². The Morgan fingerprint density at radius 1 is 1.05 bits per heavy atom. The van der Waals surface area contributed by atoms with Crippen LogP contribution in [-0.2, 0) is 6.54 Å². The van der Waals surface area contributed by atoms with Crippen LogP contribution in [0.2, 0.25) is 0 Å². The van der Waals surface area contributed by atoms with E-state index in [0.29, 0.717) is 12.1 Å². The Labute approximate surface area is 111 Å². The fraction of sp³-hybridized carbons (Fsp3) is 0.0667. The van der Waals surface area contributed by atoms with E-state index in [1.54, 1.807) is 24.8 Å². The van der Waals surface area contributed by atoms with Gasteiger partial charge in [-0.1, -0.05) is 30.3 Å². The zero-order chi connectivity index (χ0) is 13.5. The van der Waals surface area contributed by atoms with Gasteiger partial charge in [0.15, 0.2) is 18.9 Å². The maximum Gasteiger partial charge on any atom is 0.187 e. The number of allylic oxidation sites excluding steroid dienone is 2. The van der Waals surface area contributed by atoms with E-state index in [4.69, 9.17) is 10.5 Å². The molecule has 0 aliphatic rings. The lowest BCUT2D eigenvalue weighted by Crippen LogP contribution is -2.33. The number of benzene rings is 1. The molecule has 4 heteroatoms. The van der Waals surface area contributed by atoms with E-state index < -0.39 is 0 Å². The average molecular weight is 247 g/mol. The van der Waals surface area contributed by atoms with Gasteiger partial charge in [0.05, 0.1) is 18.0 Å². The predicted molar refractivity (Wildman–Crippen MR) is 69.0 cm³/mol. The second-order valence-electron chi connectivity index (χ2n) is 3.86. The summed E-state index contributed by atoms with van der Waals surface area (Å²) in [6.07, 6.45) is 6.94. The monoisotopic (exact) mass is 247 g/mol. The van der Waals surface area contributed by atoms with Crippen molar-refractivity contribution in [2.24, 2.45) is 0 Å². The summed E-state index contributed by atoms with van der Waals surface area (Å²) >= 11 is 0. The van der Waals surface area contributed by atoms with Gasteiger partial charge in [0.2, 0.25) is 0 Å². The van der Waals surface area contributed by atoms with Gasteiger partial charge in [-0.05, 0) is 5.56 Å². The molecule has 0 radical (unpaired) electrons. The van der Waals surface area contributed by atoms with Gasteiger partial charge in [0.1, 0.15) is 17.7 Å². The summed E-state index contributed by atoms with van der Waals surface area (Å²) in [5.74, 6) is 0. The van der Waals surface area contributed by atoms with Crippen LogP contribution in [0.3, 0.4) is 0 Å². The van der Waals surface area contributed by atoms with Crippen molar-refractivity contribution in [1.82, 2.24) is 4.98 Å². The SMILES string of the molecule is N#CC(C#N)=C(C[n+]1ccncc1)c1ccccc1. The highest BCUT2D eigenvalue weighted by atomic mass is 14.9. The molecule has 1 aromatic carbocycles. The normalized spacial score (nSPS) is 9.16. The first-order chi connectivity index (χ1) is 9.35. The van der Waals surface area contributed by atoms with E-state index in [0.717, 1.165) is 5.56 Å². The van der Waals surface area contributed by atoms with Crippen molar-refractivity contribution < 1.29 is 4.57 Å². The van der Waals surface area contributed by atoms with Gasteiger partial charge in [-0.3, -0.25) is 4.98 Å². The highest BCUT2D eigenvalue weighted by molar-refractivity contribution is 5.74. The fourth-order valence-electron chi connectivity index (χ4n) is 1.75. The maximum absolute atomic E-state index is 9.08. The van der Waals surface area contributed by atoms with Gasteiger partial charge in [-0.15, -0.1) is 0 Å². The molecule has 1 aromatic heterocycles. The van der Waals surface area contributed by atoms with Crippen molar-refractivity contribution in [2.75, 3.05) is 0 Å². The summed E-state index contributed by atoms with van der Waals surface area (Å²) in [5, 5.41) is 18.2. The summed E-state index contributed by atoms with van der Waals surface area (Å²) in [4.78, 5) is 3.94. The average Bonchev–Trinajstić information content (AvgIpc) is 2.49. The summed E-state index contributed by atoms with van der Waals surface area (Å²) < 4.78 is 1.88. The van der Waals surface area contributed by atoms with Crippen LogP contribution in [0, 0.1) is 22.7 Å². The second-order valence-corrected chi connectivity index (χ2v) is 3.86. The lowest BCUT2D eigenvalue weighted by atomic mass is 10.0. The van der Waals surface area contributed by atoms with Crippen molar-refractivity contribution in [2.45, 2.75) is 6.54 Å². The lowest BCUT2D eigenvalue weighted by molar-refractivity contribution is -0.684. The standard InChI is InChI=1S/C15H11N4/c16-10-14(11-17)15(13-4-2-1-3-5-13)12-19-8-6-18-7-9-19/h1-9H,12H2/q+1.